The molecule has 0 radical (unpaired) electrons. The minimum atomic E-state index is -3.20. The van der Waals surface area contributed by atoms with Crippen molar-refractivity contribution in [1.29, 1.82) is 0 Å². The van der Waals surface area contributed by atoms with Crippen molar-refractivity contribution in [2.75, 3.05) is 6.26 Å². The largest absolute Gasteiger partial charge is 0.233 e. The van der Waals surface area contributed by atoms with E-state index in [2.05, 4.69) is 21.0 Å². The highest BCUT2D eigenvalue weighted by Gasteiger charge is 2.13. The molecule has 3 rings (SSSR count). The summed E-state index contributed by atoms with van der Waals surface area (Å²) in [6.45, 7) is 2.04. The van der Waals surface area contributed by atoms with E-state index >= 15 is 0 Å². The number of halogens is 1. The Kier molecular flexibility index (Phi) is 4.60. The number of sulfone groups is 1. The van der Waals surface area contributed by atoms with Gasteiger partial charge in [-0.3, -0.25) is 0 Å². The number of nitrogens with zero attached hydrogens (tertiary/aromatic N) is 2. The van der Waals surface area contributed by atoms with Crippen LogP contribution in [-0.2, 0) is 15.2 Å². The maximum Gasteiger partial charge on any atom is 0.175 e. The van der Waals surface area contributed by atoms with Crippen molar-refractivity contribution >= 4 is 25.8 Å². The summed E-state index contributed by atoms with van der Waals surface area (Å²) in [6, 6.07) is 17.0. The summed E-state index contributed by atoms with van der Waals surface area (Å²) in [7, 11) is -3.20. The zero-order chi connectivity index (χ0) is 17.3. The minimum absolute atomic E-state index is 0.313. The summed E-state index contributed by atoms with van der Waals surface area (Å²) < 4.78 is 25.1. The lowest BCUT2D eigenvalue weighted by molar-refractivity contribution is 0.602. The maximum atomic E-state index is 11.6. The fourth-order valence-corrected chi connectivity index (χ4v) is 3.36. The second kappa shape index (κ2) is 6.53. The van der Waals surface area contributed by atoms with Crippen LogP contribution in [-0.4, -0.2) is 24.5 Å². The molecule has 24 heavy (non-hydrogen) atoms. The van der Waals surface area contributed by atoms with Gasteiger partial charge in [-0.15, -0.1) is 0 Å². The highest BCUT2D eigenvalue weighted by atomic mass is 79.9. The molecule has 0 atom stereocenters. The molecule has 0 aliphatic carbocycles. The molecule has 2 aromatic carbocycles. The molecule has 0 spiro atoms. The van der Waals surface area contributed by atoms with Gasteiger partial charge in [0, 0.05) is 17.1 Å². The highest BCUT2D eigenvalue weighted by Crippen LogP contribution is 2.26. The van der Waals surface area contributed by atoms with Crippen LogP contribution in [0, 0.1) is 6.92 Å². The number of rotatable bonds is 4. The van der Waals surface area contributed by atoms with Gasteiger partial charge in [0.15, 0.2) is 9.84 Å². The molecular weight excluding hydrogens is 388 g/mol. The normalized spacial score (nSPS) is 11.6. The molecule has 0 N–H and O–H groups in total. The van der Waals surface area contributed by atoms with Gasteiger partial charge in [0.05, 0.1) is 22.0 Å². The molecule has 1 heterocycles. The van der Waals surface area contributed by atoms with Crippen LogP contribution in [0.1, 0.15) is 11.3 Å². The molecule has 3 aromatic rings. The molecular formula is C18H17BrN2O2S. The van der Waals surface area contributed by atoms with E-state index in [0.717, 1.165) is 22.6 Å². The monoisotopic (exact) mass is 404 g/mol. The van der Waals surface area contributed by atoms with Crippen molar-refractivity contribution in [3.8, 4) is 16.9 Å². The number of hydrogen-bond donors (Lipinski definition) is 0. The Labute approximate surface area is 150 Å². The number of alkyl halides is 1. The van der Waals surface area contributed by atoms with Crippen LogP contribution in [0.4, 0.5) is 0 Å². The molecule has 124 valence electrons. The lowest BCUT2D eigenvalue weighted by Gasteiger charge is -2.08. The Morgan fingerprint density at radius 3 is 2.21 bits per heavy atom. The molecule has 0 fully saturated rings. The Bertz CT molecular complexity index is 959. The van der Waals surface area contributed by atoms with Crippen LogP contribution in [0.2, 0.25) is 0 Å². The second-order valence-corrected chi connectivity index (χ2v) is 8.27. The molecule has 4 nitrogen and oxygen atoms in total. The Hall–Kier alpha value is -1.92. The summed E-state index contributed by atoms with van der Waals surface area (Å²) in [5.74, 6) is 0. The summed E-state index contributed by atoms with van der Waals surface area (Å²) >= 11 is 3.44. The van der Waals surface area contributed by atoms with Gasteiger partial charge in [0.1, 0.15) is 0 Å². The van der Waals surface area contributed by atoms with Crippen molar-refractivity contribution in [3.63, 3.8) is 0 Å². The maximum absolute atomic E-state index is 11.6. The molecule has 0 aliphatic heterocycles. The Morgan fingerprint density at radius 2 is 1.67 bits per heavy atom. The first-order chi connectivity index (χ1) is 11.4. The van der Waals surface area contributed by atoms with Crippen molar-refractivity contribution in [2.24, 2.45) is 0 Å². The average molecular weight is 405 g/mol. The predicted molar refractivity (Wildman–Crippen MR) is 99.5 cm³/mol. The van der Waals surface area contributed by atoms with E-state index < -0.39 is 9.84 Å². The second-order valence-electron chi connectivity index (χ2n) is 5.70. The minimum Gasteiger partial charge on any atom is -0.233 e. The van der Waals surface area contributed by atoms with Gasteiger partial charge in [-0.1, -0.05) is 45.8 Å². The van der Waals surface area contributed by atoms with E-state index in [4.69, 9.17) is 0 Å². The molecule has 0 aliphatic rings. The van der Waals surface area contributed by atoms with Crippen LogP contribution in [0.5, 0.6) is 0 Å². The van der Waals surface area contributed by atoms with E-state index in [1.165, 1.54) is 11.8 Å². The molecule has 0 saturated carbocycles. The summed E-state index contributed by atoms with van der Waals surface area (Å²) in [5, 5.41) is 5.28. The fraction of sp³-hybridized carbons (Fsp3) is 0.167. The highest BCUT2D eigenvalue weighted by molar-refractivity contribution is 9.08. The first-order valence-corrected chi connectivity index (χ1v) is 10.4. The average Bonchev–Trinajstić information content (AvgIpc) is 2.99. The topological polar surface area (TPSA) is 52.0 Å². The summed E-state index contributed by atoms with van der Waals surface area (Å²) in [5.41, 5.74) is 4.91. The molecule has 0 saturated heterocycles. The summed E-state index contributed by atoms with van der Waals surface area (Å²) in [6.07, 6.45) is 1.21. The lowest BCUT2D eigenvalue weighted by Crippen LogP contribution is -2.00. The van der Waals surface area contributed by atoms with Crippen LogP contribution in [0.25, 0.3) is 16.9 Å². The Balaban J connectivity index is 2.10. The van der Waals surface area contributed by atoms with Crippen molar-refractivity contribution in [2.45, 2.75) is 17.1 Å². The van der Waals surface area contributed by atoms with Gasteiger partial charge in [-0.25, -0.2) is 13.1 Å². The van der Waals surface area contributed by atoms with Crippen molar-refractivity contribution < 1.29 is 8.42 Å². The molecule has 1 aromatic heterocycles. The van der Waals surface area contributed by atoms with Crippen molar-refractivity contribution in [1.82, 2.24) is 9.78 Å². The zero-order valence-corrected chi connectivity index (χ0v) is 15.8. The number of aromatic nitrogens is 2. The lowest BCUT2D eigenvalue weighted by atomic mass is 10.1. The zero-order valence-electron chi connectivity index (χ0n) is 13.4. The molecule has 0 amide bonds. The van der Waals surface area contributed by atoms with Gasteiger partial charge in [-0.2, -0.15) is 5.10 Å². The van der Waals surface area contributed by atoms with Crippen molar-refractivity contribution in [3.05, 3.63) is 65.9 Å². The summed E-state index contributed by atoms with van der Waals surface area (Å²) in [4.78, 5) is 0.313. The van der Waals surface area contributed by atoms with Gasteiger partial charge < -0.3 is 0 Å². The third kappa shape index (κ3) is 3.44. The van der Waals surface area contributed by atoms with Crippen LogP contribution >= 0.6 is 15.9 Å². The van der Waals surface area contributed by atoms with E-state index in [9.17, 15) is 8.42 Å². The van der Waals surface area contributed by atoms with Gasteiger partial charge in [-0.05, 0) is 37.3 Å². The third-order valence-electron chi connectivity index (χ3n) is 3.75. The number of aryl methyl sites for hydroxylation is 1. The predicted octanol–water partition coefficient (Wildman–Crippen LogP) is 4.15. The quantitative estimate of drug-likeness (QED) is 0.613. The van der Waals surface area contributed by atoms with Crippen LogP contribution in [0.15, 0.2) is 59.5 Å². The molecule has 6 heteroatoms. The number of benzene rings is 2. The fourth-order valence-electron chi connectivity index (χ4n) is 2.46. The standard InChI is InChI=1S/C18H17BrN2O2S/c1-13-3-7-16(8-4-13)21-18(11-15(12-19)20-21)14-5-9-17(10-6-14)24(2,22)23/h3-11H,12H2,1-2H3. The first kappa shape index (κ1) is 16.9. The molecule has 0 unspecified atom stereocenters. The van der Waals surface area contributed by atoms with E-state index in [1.807, 2.05) is 54.1 Å². The first-order valence-electron chi connectivity index (χ1n) is 7.41. The SMILES string of the molecule is Cc1ccc(-n2nc(CBr)cc2-c2ccc(S(C)(=O)=O)cc2)cc1. The van der Waals surface area contributed by atoms with Crippen LogP contribution in [0.3, 0.4) is 0 Å². The van der Waals surface area contributed by atoms with Crippen LogP contribution < -0.4 is 0 Å². The van der Waals surface area contributed by atoms with E-state index in [1.54, 1.807) is 12.1 Å². The van der Waals surface area contributed by atoms with E-state index in [0.29, 0.717) is 10.2 Å². The van der Waals surface area contributed by atoms with Gasteiger partial charge >= 0.3 is 0 Å². The third-order valence-corrected chi connectivity index (χ3v) is 5.46. The van der Waals surface area contributed by atoms with E-state index in [-0.39, 0.29) is 0 Å². The van der Waals surface area contributed by atoms with Gasteiger partial charge in [0.25, 0.3) is 0 Å². The number of hydrogen-bond acceptors (Lipinski definition) is 3. The Morgan fingerprint density at radius 1 is 1.04 bits per heavy atom. The van der Waals surface area contributed by atoms with Gasteiger partial charge in [0.2, 0.25) is 0 Å². The smallest absolute Gasteiger partial charge is 0.175 e. The molecule has 0 bridgehead atoms.